The van der Waals surface area contributed by atoms with Crippen molar-refractivity contribution in [2.45, 2.75) is 39.0 Å². The van der Waals surface area contributed by atoms with Gasteiger partial charge in [0.2, 0.25) is 0 Å². The highest BCUT2D eigenvalue weighted by Gasteiger charge is 2.27. The first-order chi connectivity index (χ1) is 23.0. The van der Waals surface area contributed by atoms with Crippen molar-refractivity contribution < 1.29 is 9.53 Å². The van der Waals surface area contributed by atoms with Crippen molar-refractivity contribution in [3.05, 3.63) is 105 Å². The number of aryl methyl sites for hydroxylation is 1. The van der Waals surface area contributed by atoms with Crippen LogP contribution in [0.4, 0.5) is 4.79 Å². The van der Waals surface area contributed by atoms with E-state index in [0.29, 0.717) is 18.1 Å². The monoisotopic (exact) mass is 668 g/mol. The summed E-state index contributed by atoms with van der Waals surface area (Å²) in [5, 5.41) is 9.18. The minimum Gasteiger partial charge on any atom is -0.497 e. The van der Waals surface area contributed by atoms with Crippen molar-refractivity contribution in [1.82, 2.24) is 24.9 Å². The van der Waals surface area contributed by atoms with Gasteiger partial charge in [-0.1, -0.05) is 53.8 Å². The fraction of sp³-hybridized carbons (Fsp3) is 0.351. The number of hydrogen-bond acceptors (Lipinski definition) is 6. The molecule has 244 valence electrons. The van der Waals surface area contributed by atoms with Gasteiger partial charge in [-0.2, -0.15) is 16.9 Å². The molecule has 8 nitrogen and oxygen atoms in total. The Morgan fingerprint density at radius 2 is 1.70 bits per heavy atom. The van der Waals surface area contributed by atoms with Crippen molar-refractivity contribution in [3.8, 4) is 28.8 Å². The number of urea groups is 1. The first-order valence-corrected chi connectivity index (χ1v) is 17.7. The van der Waals surface area contributed by atoms with Gasteiger partial charge in [-0.3, -0.25) is 4.68 Å². The standard InChI is InChI=1S/C37H41ClN6O2S/c1-46-32-12-8-29(9-13-32)25-40-24-28-5-3-27(4-6-28)7-10-30-23-31(11-14-34(30)38)36-33-26-43(37(39)45)18-15-35(33)44(41-36)17-2-16-42-19-21-47-22-20-42/h3-6,8-9,11-14,23,40H,2,15-22,24-26H2,1H3,(H2,39,45). The van der Waals surface area contributed by atoms with Crippen molar-refractivity contribution >= 4 is 29.4 Å². The van der Waals surface area contributed by atoms with Crippen LogP contribution in [0.3, 0.4) is 0 Å². The Hall–Kier alpha value is -3.94. The maximum Gasteiger partial charge on any atom is 0.315 e. The third-order valence-corrected chi connectivity index (χ3v) is 10.0. The molecule has 0 atom stereocenters. The molecule has 0 radical (unpaired) electrons. The number of amides is 2. The quantitative estimate of drug-likeness (QED) is 0.209. The second kappa shape index (κ2) is 15.8. The lowest BCUT2D eigenvalue weighted by atomic mass is 9.99. The highest BCUT2D eigenvalue weighted by atomic mass is 35.5. The number of nitrogens with zero attached hydrogens (tertiary/aromatic N) is 4. The summed E-state index contributed by atoms with van der Waals surface area (Å²) in [7, 11) is 1.67. The predicted octanol–water partition coefficient (Wildman–Crippen LogP) is 5.78. The number of carbonyl (C=O) groups excluding carboxylic acids is 1. The van der Waals surface area contributed by atoms with Gasteiger partial charge in [0.25, 0.3) is 0 Å². The average molecular weight is 669 g/mol. The molecule has 0 bridgehead atoms. The van der Waals surface area contributed by atoms with E-state index in [0.717, 1.165) is 85.8 Å². The van der Waals surface area contributed by atoms with Gasteiger partial charge in [0.15, 0.2) is 0 Å². The SMILES string of the molecule is COc1ccc(CNCc2ccc(C#Cc3cc(-c4nn(CCCN5CCSCC5)c5c4CN(C(N)=O)CC5)ccc3Cl)cc2)cc1. The third-order valence-electron chi connectivity index (χ3n) is 8.75. The molecule has 3 heterocycles. The van der Waals surface area contributed by atoms with Crippen LogP contribution < -0.4 is 15.8 Å². The Bertz CT molecular complexity index is 1740. The molecule has 47 heavy (non-hydrogen) atoms. The largest absolute Gasteiger partial charge is 0.497 e. The van der Waals surface area contributed by atoms with E-state index in [1.54, 1.807) is 12.0 Å². The Labute approximate surface area is 286 Å². The molecule has 2 aliphatic heterocycles. The minimum absolute atomic E-state index is 0.404. The van der Waals surface area contributed by atoms with Crippen LogP contribution in [-0.4, -0.2) is 70.4 Å². The second-order valence-corrected chi connectivity index (χ2v) is 13.5. The molecule has 0 spiro atoms. The molecule has 0 unspecified atom stereocenters. The van der Waals surface area contributed by atoms with Gasteiger partial charge in [0.05, 0.1) is 24.4 Å². The number of aromatic nitrogens is 2. The van der Waals surface area contributed by atoms with Gasteiger partial charge in [-0.25, -0.2) is 4.79 Å². The average Bonchev–Trinajstić information content (AvgIpc) is 3.47. The van der Waals surface area contributed by atoms with Crippen molar-refractivity contribution in [2.24, 2.45) is 5.73 Å². The zero-order chi connectivity index (χ0) is 32.6. The number of nitrogens with two attached hydrogens (primary N) is 1. The van der Waals surface area contributed by atoms with E-state index in [4.69, 9.17) is 27.2 Å². The molecular weight excluding hydrogens is 628 g/mol. The Morgan fingerprint density at radius 3 is 2.40 bits per heavy atom. The van der Waals surface area contributed by atoms with Crippen LogP contribution >= 0.6 is 23.4 Å². The summed E-state index contributed by atoms with van der Waals surface area (Å²) in [6, 6.07) is 21.8. The normalized spacial score (nSPS) is 14.7. The Kier molecular flexibility index (Phi) is 11.1. The van der Waals surface area contributed by atoms with Crippen LogP contribution in [0, 0.1) is 11.8 Å². The number of benzene rings is 3. The number of halogens is 1. The molecule has 2 aliphatic rings. The number of methoxy groups -OCH3 is 1. The van der Waals surface area contributed by atoms with E-state index in [-0.39, 0.29) is 0 Å². The summed E-state index contributed by atoms with van der Waals surface area (Å²) < 4.78 is 7.38. The molecule has 4 aromatic rings. The van der Waals surface area contributed by atoms with Crippen LogP contribution in [0.25, 0.3) is 11.3 Å². The second-order valence-electron chi connectivity index (χ2n) is 11.9. The molecule has 2 amide bonds. The van der Waals surface area contributed by atoms with Gasteiger partial charge in [-0.15, -0.1) is 0 Å². The lowest BCUT2D eigenvalue weighted by Crippen LogP contribution is -2.39. The van der Waals surface area contributed by atoms with Crippen molar-refractivity contribution in [2.75, 3.05) is 44.8 Å². The van der Waals surface area contributed by atoms with E-state index in [9.17, 15) is 4.79 Å². The summed E-state index contributed by atoms with van der Waals surface area (Å²) in [4.78, 5) is 16.3. The van der Waals surface area contributed by atoms with Gasteiger partial charge in [0, 0.05) is 85.1 Å². The number of rotatable bonds is 10. The fourth-order valence-corrected chi connectivity index (χ4v) is 7.22. The maximum atomic E-state index is 12.1. The Balaban J connectivity index is 1.15. The maximum absolute atomic E-state index is 12.1. The summed E-state index contributed by atoms with van der Waals surface area (Å²) in [6.45, 7) is 6.81. The number of nitrogens with one attached hydrogen (secondary N) is 1. The van der Waals surface area contributed by atoms with Crippen LogP contribution in [-0.2, 0) is 32.6 Å². The molecule has 10 heteroatoms. The number of carbonyl (C=O) groups is 1. The molecule has 1 aromatic heterocycles. The first-order valence-electron chi connectivity index (χ1n) is 16.1. The summed E-state index contributed by atoms with van der Waals surface area (Å²) in [5.74, 6) is 9.84. The summed E-state index contributed by atoms with van der Waals surface area (Å²) >= 11 is 8.67. The van der Waals surface area contributed by atoms with Gasteiger partial charge < -0.3 is 25.6 Å². The smallest absolute Gasteiger partial charge is 0.315 e. The number of hydrogen-bond donors (Lipinski definition) is 2. The number of primary amides is 1. The van der Waals surface area contributed by atoms with E-state index >= 15 is 0 Å². The summed E-state index contributed by atoms with van der Waals surface area (Å²) in [5.41, 5.74) is 13.8. The fourth-order valence-electron chi connectivity index (χ4n) is 6.07. The van der Waals surface area contributed by atoms with Gasteiger partial charge in [-0.05, 0) is 60.5 Å². The zero-order valence-electron chi connectivity index (χ0n) is 26.8. The predicted molar refractivity (Wildman–Crippen MR) is 191 cm³/mol. The zero-order valence-corrected chi connectivity index (χ0v) is 28.4. The lowest BCUT2D eigenvalue weighted by molar-refractivity contribution is 0.201. The molecule has 0 aliphatic carbocycles. The van der Waals surface area contributed by atoms with Gasteiger partial charge >= 0.3 is 6.03 Å². The lowest BCUT2D eigenvalue weighted by Gasteiger charge is -2.27. The van der Waals surface area contributed by atoms with Crippen LogP contribution in [0.15, 0.2) is 66.7 Å². The third kappa shape index (κ3) is 8.51. The molecule has 1 fully saturated rings. The van der Waals surface area contributed by atoms with Crippen LogP contribution in [0.1, 0.15) is 39.9 Å². The number of thioether (sulfide) groups is 1. The van der Waals surface area contributed by atoms with E-state index in [1.165, 1.54) is 28.3 Å². The van der Waals surface area contributed by atoms with Crippen molar-refractivity contribution in [3.63, 3.8) is 0 Å². The van der Waals surface area contributed by atoms with Crippen molar-refractivity contribution in [1.29, 1.82) is 0 Å². The number of fused-ring (bicyclic) bond motifs is 1. The highest BCUT2D eigenvalue weighted by molar-refractivity contribution is 7.99. The first kappa shape index (κ1) is 33.0. The molecule has 1 saturated heterocycles. The van der Waals surface area contributed by atoms with Crippen LogP contribution in [0.2, 0.25) is 5.02 Å². The van der Waals surface area contributed by atoms with E-state index < -0.39 is 6.03 Å². The summed E-state index contributed by atoms with van der Waals surface area (Å²) in [6.07, 6.45) is 1.77. The van der Waals surface area contributed by atoms with Gasteiger partial charge in [0.1, 0.15) is 5.75 Å². The molecule has 3 aromatic carbocycles. The molecule has 0 saturated carbocycles. The molecule has 6 rings (SSSR count). The molecule has 3 N–H and O–H groups in total. The minimum atomic E-state index is -0.404. The van der Waals surface area contributed by atoms with Crippen LogP contribution in [0.5, 0.6) is 5.75 Å². The Morgan fingerprint density at radius 1 is 0.979 bits per heavy atom. The topological polar surface area (TPSA) is 88.7 Å². The highest BCUT2D eigenvalue weighted by Crippen LogP contribution is 2.32. The molecular formula is C37H41ClN6O2S. The van der Waals surface area contributed by atoms with E-state index in [1.807, 2.05) is 54.2 Å². The number of ether oxygens (including phenoxy) is 1. The van der Waals surface area contributed by atoms with E-state index in [2.05, 4.69) is 51.0 Å².